The molecule has 1 aromatic rings. The van der Waals surface area contributed by atoms with Crippen molar-refractivity contribution in [2.45, 2.75) is 55.4 Å². The largest absolute Gasteiger partial charge is 0.449 e. The standard InChI is InChI=1S/C5H7NO.3C2H6/c1-4-3-7-5(2)6-4;3*1-2/h3H,1-2H3;3*1-2H3. The molecule has 1 heterocycles. The second kappa shape index (κ2) is 17.3. The van der Waals surface area contributed by atoms with E-state index in [1.165, 1.54) is 0 Å². The van der Waals surface area contributed by atoms with Crippen LogP contribution in [0.4, 0.5) is 0 Å². The van der Waals surface area contributed by atoms with Crippen molar-refractivity contribution in [3.8, 4) is 0 Å². The number of aryl methyl sites for hydroxylation is 2. The third kappa shape index (κ3) is 14.1. The first-order valence-corrected chi connectivity index (χ1v) is 5.18. The van der Waals surface area contributed by atoms with Gasteiger partial charge in [0.2, 0.25) is 0 Å². The predicted octanol–water partition coefficient (Wildman–Crippen LogP) is 4.37. The lowest BCUT2D eigenvalue weighted by atomic mass is 10.6. The van der Waals surface area contributed by atoms with Crippen LogP contribution in [0.15, 0.2) is 10.7 Å². The molecule has 0 aliphatic carbocycles. The van der Waals surface area contributed by atoms with Crippen LogP contribution >= 0.6 is 0 Å². The molecule has 0 radical (unpaired) electrons. The Bertz CT molecular complexity index is 142. The van der Waals surface area contributed by atoms with Gasteiger partial charge in [-0.25, -0.2) is 4.98 Å². The summed E-state index contributed by atoms with van der Waals surface area (Å²) in [5.41, 5.74) is 0.942. The summed E-state index contributed by atoms with van der Waals surface area (Å²) in [7, 11) is 0. The van der Waals surface area contributed by atoms with Gasteiger partial charge in [-0.2, -0.15) is 0 Å². The van der Waals surface area contributed by atoms with E-state index in [1.807, 2.05) is 55.4 Å². The van der Waals surface area contributed by atoms with E-state index >= 15 is 0 Å². The van der Waals surface area contributed by atoms with Crippen LogP contribution in [0.5, 0.6) is 0 Å². The molecule has 0 fully saturated rings. The van der Waals surface area contributed by atoms with Gasteiger partial charge in [-0.3, -0.25) is 0 Å². The molecule has 80 valence electrons. The molecule has 1 aromatic heterocycles. The number of oxazole rings is 1. The van der Waals surface area contributed by atoms with Crippen molar-refractivity contribution < 1.29 is 4.42 Å². The van der Waals surface area contributed by atoms with E-state index in [2.05, 4.69) is 4.98 Å². The van der Waals surface area contributed by atoms with Crippen LogP contribution in [0.25, 0.3) is 0 Å². The zero-order valence-corrected chi connectivity index (χ0v) is 10.4. The topological polar surface area (TPSA) is 26.0 Å². The van der Waals surface area contributed by atoms with Crippen molar-refractivity contribution in [1.29, 1.82) is 0 Å². The van der Waals surface area contributed by atoms with E-state index in [0.717, 1.165) is 11.6 Å². The summed E-state index contributed by atoms with van der Waals surface area (Å²) < 4.78 is 4.85. The zero-order chi connectivity index (χ0) is 11.3. The molecule has 0 saturated heterocycles. The Morgan fingerprint density at radius 2 is 1.31 bits per heavy atom. The second-order valence-corrected chi connectivity index (χ2v) is 1.51. The van der Waals surface area contributed by atoms with E-state index in [1.54, 1.807) is 6.26 Å². The number of rotatable bonds is 0. The molecule has 0 aliphatic rings. The van der Waals surface area contributed by atoms with Crippen molar-refractivity contribution in [2.24, 2.45) is 0 Å². The van der Waals surface area contributed by atoms with Gasteiger partial charge in [0, 0.05) is 6.92 Å². The smallest absolute Gasteiger partial charge is 0.191 e. The summed E-state index contributed by atoms with van der Waals surface area (Å²) in [5, 5.41) is 0. The van der Waals surface area contributed by atoms with Gasteiger partial charge >= 0.3 is 0 Å². The van der Waals surface area contributed by atoms with Gasteiger partial charge in [0.25, 0.3) is 0 Å². The van der Waals surface area contributed by atoms with E-state index in [0.29, 0.717) is 0 Å². The highest BCUT2D eigenvalue weighted by atomic mass is 16.3. The highest BCUT2D eigenvalue weighted by Crippen LogP contribution is 1.95. The molecule has 0 aliphatic heterocycles. The molecule has 0 N–H and O–H groups in total. The number of hydrogen-bond donors (Lipinski definition) is 0. The maximum absolute atomic E-state index is 4.85. The average molecular weight is 187 g/mol. The summed E-state index contributed by atoms with van der Waals surface area (Å²) in [6.45, 7) is 15.7. The number of aromatic nitrogens is 1. The van der Waals surface area contributed by atoms with E-state index < -0.39 is 0 Å². The molecule has 0 spiro atoms. The predicted molar refractivity (Wildman–Crippen MR) is 60.0 cm³/mol. The molecule has 2 heteroatoms. The van der Waals surface area contributed by atoms with E-state index in [9.17, 15) is 0 Å². The maximum atomic E-state index is 4.85. The van der Waals surface area contributed by atoms with Crippen molar-refractivity contribution in [2.75, 3.05) is 0 Å². The summed E-state index contributed by atoms with van der Waals surface area (Å²) >= 11 is 0. The van der Waals surface area contributed by atoms with Gasteiger partial charge in [-0.05, 0) is 6.92 Å². The van der Waals surface area contributed by atoms with Crippen LogP contribution in [0.3, 0.4) is 0 Å². The molecule has 0 amide bonds. The van der Waals surface area contributed by atoms with Crippen LogP contribution in [0.1, 0.15) is 53.1 Å². The molecule has 0 aromatic carbocycles. The van der Waals surface area contributed by atoms with Crippen LogP contribution < -0.4 is 0 Å². The Kier molecular flexibility index (Phi) is 24.1. The first-order chi connectivity index (χ1) is 6.29. The Morgan fingerprint density at radius 1 is 0.923 bits per heavy atom. The summed E-state index contributed by atoms with van der Waals surface area (Å²) in [6.07, 6.45) is 1.63. The molecule has 1 rings (SSSR count). The highest BCUT2D eigenvalue weighted by Gasteiger charge is 1.87. The Hall–Kier alpha value is -0.790. The van der Waals surface area contributed by atoms with Crippen LogP contribution in [-0.2, 0) is 0 Å². The van der Waals surface area contributed by atoms with Gasteiger partial charge < -0.3 is 4.42 Å². The molecule has 2 nitrogen and oxygen atoms in total. The van der Waals surface area contributed by atoms with E-state index in [4.69, 9.17) is 4.42 Å². The van der Waals surface area contributed by atoms with Crippen molar-refractivity contribution in [1.82, 2.24) is 4.98 Å². The van der Waals surface area contributed by atoms with Crippen molar-refractivity contribution in [3.63, 3.8) is 0 Å². The monoisotopic (exact) mass is 187 g/mol. The lowest BCUT2D eigenvalue weighted by Crippen LogP contribution is -1.67. The second-order valence-electron chi connectivity index (χ2n) is 1.51. The molecule has 0 saturated carbocycles. The minimum atomic E-state index is 0.734. The quantitative estimate of drug-likeness (QED) is 0.602. The fourth-order valence-electron chi connectivity index (χ4n) is 0.472. The lowest BCUT2D eigenvalue weighted by molar-refractivity contribution is 0.521. The van der Waals surface area contributed by atoms with E-state index in [-0.39, 0.29) is 0 Å². The summed E-state index contributed by atoms with van der Waals surface area (Å²) in [5.74, 6) is 0.734. The third-order valence-electron chi connectivity index (χ3n) is 0.734. The minimum absolute atomic E-state index is 0.734. The highest BCUT2D eigenvalue weighted by molar-refractivity contribution is 4.90. The van der Waals surface area contributed by atoms with Crippen LogP contribution in [-0.4, -0.2) is 4.98 Å². The zero-order valence-electron chi connectivity index (χ0n) is 10.4. The first kappa shape index (κ1) is 18.1. The van der Waals surface area contributed by atoms with Gasteiger partial charge in [0.05, 0.1) is 5.69 Å². The van der Waals surface area contributed by atoms with Crippen LogP contribution in [0.2, 0.25) is 0 Å². The Morgan fingerprint density at radius 3 is 1.38 bits per heavy atom. The fraction of sp³-hybridized carbons (Fsp3) is 0.727. The molecule has 0 unspecified atom stereocenters. The summed E-state index contributed by atoms with van der Waals surface area (Å²) in [4.78, 5) is 3.94. The van der Waals surface area contributed by atoms with Gasteiger partial charge in [0.1, 0.15) is 6.26 Å². The minimum Gasteiger partial charge on any atom is -0.449 e. The first-order valence-electron chi connectivity index (χ1n) is 5.18. The molecular formula is C11H25NO. The molecule has 0 atom stereocenters. The Labute approximate surface area is 83.4 Å². The normalized spacial score (nSPS) is 6.46. The third-order valence-corrected chi connectivity index (χ3v) is 0.734. The maximum Gasteiger partial charge on any atom is 0.191 e. The average Bonchev–Trinajstić information content (AvgIpc) is 2.60. The van der Waals surface area contributed by atoms with Gasteiger partial charge in [-0.1, -0.05) is 41.5 Å². The number of hydrogen-bond acceptors (Lipinski definition) is 2. The molecule has 13 heavy (non-hydrogen) atoms. The van der Waals surface area contributed by atoms with Gasteiger partial charge in [0.15, 0.2) is 5.89 Å². The molecular weight excluding hydrogens is 162 g/mol. The van der Waals surface area contributed by atoms with Crippen molar-refractivity contribution in [3.05, 3.63) is 17.8 Å². The SMILES string of the molecule is CC.CC.CC.Cc1coc(C)n1. The fourth-order valence-corrected chi connectivity index (χ4v) is 0.472. The lowest BCUT2D eigenvalue weighted by Gasteiger charge is -1.68. The van der Waals surface area contributed by atoms with Gasteiger partial charge in [-0.15, -0.1) is 0 Å². The van der Waals surface area contributed by atoms with Crippen LogP contribution in [0, 0.1) is 13.8 Å². The molecule has 0 bridgehead atoms. The summed E-state index contributed by atoms with van der Waals surface area (Å²) in [6, 6.07) is 0. The Balaban J connectivity index is -0.000000144. The number of nitrogens with zero attached hydrogens (tertiary/aromatic N) is 1. The van der Waals surface area contributed by atoms with Crippen molar-refractivity contribution >= 4 is 0 Å².